The fourth-order valence-corrected chi connectivity index (χ4v) is 7.05. The van der Waals surface area contributed by atoms with Crippen molar-refractivity contribution in [3.63, 3.8) is 0 Å². The molecule has 4 heterocycles. The lowest BCUT2D eigenvalue weighted by atomic mass is 10.1. The van der Waals surface area contributed by atoms with Crippen LogP contribution in [-0.2, 0) is 9.53 Å². The summed E-state index contributed by atoms with van der Waals surface area (Å²) < 4.78 is 6.82. The SMILES string of the molecule is CC(C)(C)OC(=O)N1C[C@@H](N2CCN(c3nc4cc(Cl)ccc4s3)CC2)C[C@H]1C(=O)N1CCSC1. The molecule has 0 spiro atoms. The Labute approximate surface area is 219 Å². The number of carbonyl (C=O) groups is 2. The van der Waals surface area contributed by atoms with Gasteiger partial charge in [-0.05, 0) is 45.4 Å². The van der Waals surface area contributed by atoms with Crippen LogP contribution in [0, 0.1) is 0 Å². The van der Waals surface area contributed by atoms with Crippen molar-refractivity contribution < 1.29 is 14.3 Å². The van der Waals surface area contributed by atoms with Crippen LogP contribution < -0.4 is 4.90 Å². The molecule has 1 aromatic carbocycles. The molecule has 5 rings (SSSR count). The van der Waals surface area contributed by atoms with E-state index in [2.05, 4.69) is 9.80 Å². The first-order valence-corrected chi connectivity index (χ1v) is 14.4. The van der Waals surface area contributed by atoms with Gasteiger partial charge in [-0.2, -0.15) is 0 Å². The maximum Gasteiger partial charge on any atom is 0.411 e. The zero-order valence-corrected chi connectivity index (χ0v) is 22.8. The van der Waals surface area contributed by atoms with Crippen molar-refractivity contribution in [2.24, 2.45) is 0 Å². The maximum absolute atomic E-state index is 13.3. The van der Waals surface area contributed by atoms with Gasteiger partial charge in [-0.1, -0.05) is 22.9 Å². The van der Waals surface area contributed by atoms with E-state index in [4.69, 9.17) is 21.3 Å². The zero-order valence-electron chi connectivity index (χ0n) is 20.4. The van der Waals surface area contributed by atoms with E-state index >= 15 is 0 Å². The molecule has 3 aliphatic heterocycles. The van der Waals surface area contributed by atoms with E-state index < -0.39 is 17.7 Å². The van der Waals surface area contributed by atoms with Gasteiger partial charge in [-0.15, -0.1) is 11.8 Å². The number of nitrogens with zero attached hydrogens (tertiary/aromatic N) is 5. The molecule has 0 bridgehead atoms. The van der Waals surface area contributed by atoms with Gasteiger partial charge in [0, 0.05) is 56.1 Å². The van der Waals surface area contributed by atoms with E-state index in [1.165, 1.54) is 0 Å². The number of thioether (sulfide) groups is 1. The number of anilines is 1. The molecule has 2 aromatic rings. The van der Waals surface area contributed by atoms with Gasteiger partial charge in [0.2, 0.25) is 5.91 Å². The quantitative estimate of drug-likeness (QED) is 0.586. The molecule has 35 heavy (non-hydrogen) atoms. The lowest BCUT2D eigenvalue weighted by Crippen LogP contribution is -2.51. The summed E-state index contributed by atoms with van der Waals surface area (Å²) in [5, 5.41) is 1.72. The Bertz CT molecular complexity index is 1090. The van der Waals surface area contributed by atoms with Crippen molar-refractivity contribution in [3.8, 4) is 0 Å². The molecule has 0 saturated carbocycles. The van der Waals surface area contributed by atoms with Gasteiger partial charge in [-0.3, -0.25) is 14.6 Å². The summed E-state index contributed by atoms with van der Waals surface area (Å²) in [6.45, 7) is 10.3. The van der Waals surface area contributed by atoms with Crippen molar-refractivity contribution in [1.29, 1.82) is 0 Å². The minimum absolute atomic E-state index is 0.0510. The number of thiazole rings is 1. The molecule has 0 unspecified atom stereocenters. The maximum atomic E-state index is 13.3. The molecule has 2 amide bonds. The lowest BCUT2D eigenvalue weighted by molar-refractivity contribution is -0.134. The van der Waals surface area contributed by atoms with E-state index in [9.17, 15) is 9.59 Å². The molecule has 11 heteroatoms. The molecule has 3 aliphatic rings. The minimum atomic E-state index is -0.598. The number of hydrogen-bond donors (Lipinski definition) is 0. The van der Waals surface area contributed by atoms with Crippen LogP contribution in [0.2, 0.25) is 5.02 Å². The van der Waals surface area contributed by atoms with Gasteiger partial charge < -0.3 is 14.5 Å². The number of halogens is 1. The van der Waals surface area contributed by atoms with E-state index in [0.717, 1.165) is 53.8 Å². The Balaban J connectivity index is 1.26. The Kier molecular flexibility index (Phi) is 7.09. The standard InChI is InChI=1S/C24H32ClN5O3S2/c1-24(2,3)33-23(32)30-14-17(13-19(30)21(31)29-10-11-34-15-29)27-6-8-28(9-7-27)22-26-18-12-16(25)4-5-20(18)35-22/h4-5,12,17,19H,6-11,13-15H2,1-3H3/t17-,19-/m0/s1. The number of benzene rings is 1. The van der Waals surface area contributed by atoms with Crippen LogP contribution in [0.1, 0.15) is 27.2 Å². The van der Waals surface area contributed by atoms with Crippen molar-refractivity contribution in [2.45, 2.75) is 44.9 Å². The van der Waals surface area contributed by atoms with Crippen LogP contribution in [0.4, 0.5) is 9.93 Å². The van der Waals surface area contributed by atoms with Gasteiger partial charge in [0.25, 0.3) is 0 Å². The topological polar surface area (TPSA) is 69.2 Å². The summed E-state index contributed by atoms with van der Waals surface area (Å²) in [5.74, 6) is 1.71. The third-order valence-electron chi connectivity index (χ3n) is 6.70. The molecule has 0 N–H and O–H groups in total. The van der Waals surface area contributed by atoms with Crippen LogP contribution in [0.25, 0.3) is 10.2 Å². The number of carbonyl (C=O) groups excluding carboxylic acids is 2. The fourth-order valence-electron chi connectivity index (χ4n) is 4.94. The van der Waals surface area contributed by atoms with Crippen LogP contribution in [0.5, 0.6) is 0 Å². The summed E-state index contributed by atoms with van der Waals surface area (Å²) in [5.41, 5.74) is 0.337. The Hall–Kier alpha value is -1.75. The highest BCUT2D eigenvalue weighted by Gasteiger charge is 2.45. The van der Waals surface area contributed by atoms with E-state index in [-0.39, 0.29) is 11.9 Å². The minimum Gasteiger partial charge on any atom is -0.444 e. The molecular weight excluding hydrogens is 506 g/mol. The number of hydrogen-bond acceptors (Lipinski definition) is 8. The van der Waals surface area contributed by atoms with E-state index in [1.807, 2.05) is 43.9 Å². The zero-order chi connectivity index (χ0) is 24.7. The lowest BCUT2D eigenvalue weighted by Gasteiger charge is -2.37. The average Bonchev–Trinajstić information content (AvgIpc) is 3.56. The summed E-state index contributed by atoms with van der Waals surface area (Å²) >= 11 is 9.58. The second-order valence-corrected chi connectivity index (χ2v) is 12.8. The monoisotopic (exact) mass is 537 g/mol. The predicted octanol–water partition coefficient (Wildman–Crippen LogP) is 3.98. The van der Waals surface area contributed by atoms with Crippen LogP contribution >= 0.6 is 34.7 Å². The normalized spacial score (nSPS) is 23.9. The molecule has 1 aromatic heterocycles. The Morgan fingerprint density at radius 2 is 1.91 bits per heavy atom. The third-order valence-corrected chi connectivity index (χ3v) is 8.99. The molecule has 190 valence electrons. The summed E-state index contributed by atoms with van der Waals surface area (Å²) in [6.07, 6.45) is 0.260. The van der Waals surface area contributed by atoms with Gasteiger partial charge in [0.15, 0.2) is 5.13 Å². The van der Waals surface area contributed by atoms with Gasteiger partial charge >= 0.3 is 6.09 Å². The number of amides is 2. The van der Waals surface area contributed by atoms with Crippen molar-refractivity contribution in [3.05, 3.63) is 23.2 Å². The van der Waals surface area contributed by atoms with E-state index in [1.54, 1.807) is 28.0 Å². The van der Waals surface area contributed by atoms with Crippen molar-refractivity contribution >= 4 is 62.0 Å². The highest BCUT2D eigenvalue weighted by molar-refractivity contribution is 7.99. The largest absolute Gasteiger partial charge is 0.444 e. The Morgan fingerprint density at radius 1 is 1.14 bits per heavy atom. The van der Waals surface area contributed by atoms with Crippen LogP contribution in [-0.4, -0.2) is 100 Å². The molecular formula is C24H32ClN5O3S2. The second-order valence-electron chi connectivity index (χ2n) is 10.3. The first-order chi connectivity index (χ1) is 16.7. The molecule has 0 radical (unpaired) electrons. The van der Waals surface area contributed by atoms with Gasteiger partial charge in [0.1, 0.15) is 11.6 Å². The number of likely N-dealkylation sites (tertiary alicyclic amines) is 1. The molecule has 2 atom stereocenters. The van der Waals surface area contributed by atoms with Gasteiger partial charge in [-0.25, -0.2) is 9.78 Å². The second kappa shape index (κ2) is 9.95. The molecule has 8 nitrogen and oxygen atoms in total. The number of piperazine rings is 1. The first-order valence-electron chi connectivity index (χ1n) is 12.1. The highest BCUT2D eigenvalue weighted by atomic mass is 35.5. The summed E-state index contributed by atoms with van der Waals surface area (Å²) in [6, 6.07) is 5.52. The highest BCUT2D eigenvalue weighted by Crippen LogP contribution is 2.33. The summed E-state index contributed by atoms with van der Waals surface area (Å²) in [7, 11) is 0. The van der Waals surface area contributed by atoms with Crippen LogP contribution in [0.3, 0.4) is 0 Å². The molecule has 0 aliphatic carbocycles. The van der Waals surface area contributed by atoms with Crippen molar-refractivity contribution in [1.82, 2.24) is 19.7 Å². The number of aromatic nitrogens is 1. The number of rotatable bonds is 3. The Morgan fingerprint density at radius 3 is 2.60 bits per heavy atom. The number of fused-ring (bicyclic) bond motifs is 1. The summed E-state index contributed by atoms with van der Waals surface area (Å²) in [4.78, 5) is 39.5. The van der Waals surface area contributed by atoms with Gasteiger partial charge in [0.05, 0.1) is 16.1 Å². The molecule has 3 fully saturated rings. The number of ether oxygens (including phenoxy) is 1. The average molecular weight is 538 g/mol. The predicted molar refractivity (Wildman–Crippen MR) is 143 cm³/mol. The third kappa shape index (κ3) is 5.50. The molecule has 3 saturated heterocycles. The smallest absolute Gasteiger partial charge is 0.411 e. The fraction of sp³-hybridized carbons (Fsp3) is 0.625. The van der Waals surface area contributed by atoms with Crippen molar-refractivity contribution in [2.75, 3.05) is 55.8 Å². The first kappa shape index (κ1) is 24.9. The van der Waals surface area contributed by atoms with E-state index in [0.29, 0.717) is 23.9 Å². The van der Waals surface area contributed by atoms with Crippen LogP contribution in [0.15, 0.2) is 18.2 Å².